The van der Waals surface area contributed by atoms with Crippen molar-refractivity contribution >= 4 is 11.8 Å². The summed E-state index contributed by atoms with van der Waals surface area (Å²) in [7, 11) is 1.66. The molecule has 0 bridgehead atoms. The van der Waals surface area contributed by atoms with Crippen LogP contribution in [-0.2, 0) is 22.4 Å². The van der Waals surface area contributed by atoms with Crippen molar-refractivity contribution in [2.45, 2.75) is 63.9 Å². The number of pyridine rings is 1. The van der Waals surface area contributed by atoms with Crippen LogP contribution in [0.4, 0.5) is 5.82 Å². The monoisotopic (exact) mass is 495 g/mol. The Balaban J connectivity index is 1.34. The van der Waals surface area contributed by atoms with Gasteiger partial charge in [0.2, 0.25) is 0 Å². The number of anilines is 1. The Morgan fingerprint density at radius 1 is 1.31 bits per heavy atom. The van der Waals surface area contributed by atoms with Crippen LogP contribution in [0.2, 0.25) is 0 Å². The van der Waals surface area contributed by atoms with Crippen LogP contribution in [0.1, 0.15) is 62.3 Å². The normalized spacial score (nSPS) is 18.9. The molecule has 7 heteroatoms. The van der Waals surface area contributed by atoms with E-state index in [0.717, 1.165) is 69.0 Å². The number of nitrogens with one attached hydrogen (secondary N) is 1. The molecule has 196 valence electrons. The number of aliphatic carboxylic acids is 1. The third-order valence-corrected chi connectivity index (χ3v) is 7.25. The number of hydrogen-bond acceptors (Lipinski definition) is 6. The van der Waals surface area contributed by atoms with Gasteiger partial charge < -0.3 is 24.8 Å². The van der Waals surface area contributed by atoms with Gasteiger partial charge in [0.05, 0.1) is 13.0 Å². The van der Waals surface area contributed by atoms with Gasteiger partial charge in [0.25, 0.3) is 0 Å². The van der Waals surface area contributed by atoms with Crippen LogP contribution in [0.15, 0.2) is 36.4 Å². The van der Waals surface area contributed by atoms with E-state index in [-0.39, 0.29) is 12.3 Å². The Kier molecular flexibility index (Phi) is 8.86. The number of carboxylic acid groups (broad SMARTS) is 1. The molecule has 1 saturated heterocycles. The first kappa shape index (κ1) is 26.4. The van der Waals surface area contributed by atoms with E-state index in [0.29, 0.717) is 12.5 Å². The second kappa shape index (κ2) is 12.1. The van der Waals surface area contributed by atoms with Crippen LogP contribution in [-0.4, -0.2) is 66.5 Å². The molecule has 1 aromatic heterocycles. The van der Waals surface area contributed by atoms with Crippen LogP contribution < -0.4 is 10.1 Å². The van der Waals surface area contributed by atoms with Gasteiger partial charge in [-0.3, -0.25) is 4.79 Å². The zero-order valence-electron chi connectivity index (χ0n) is 22.0. The molecule has 0 radical (unpaired) electrons. The molecule has 1 aromatic carbocycles. The highest BCUT2D eigenvalue weighted by Crippen LogP contribution is 2.30. The van der Waals surface area contributed by atoms with Crippen LogP contribution in [0, 0.1) is 5.92 Å². The third kappa shape index (κ3) is 7.43. The molecular weight excluding hydrogens is 454 g/mol. The summed E-state index contributed by atoms with van der Waals surface area (Å²) in [5.74, 6) is 1.58. The van der Waals surface area contributed by atoms with Crippen LogP contribution in [0.25, 0.3) is 0 Å². The van der Waals surface area contributed by atoms with Gasteiger partial charge in [-0.15, -0.1) is 0 Å². The first-order valence-corrected chi connectivity index (χ1v) is 13.3. The van der Waals surface area contributed by atoms with Crippen LogP contribution >= 0.6 is 0 Å². The van der Waals surface area contributed by atoms with Gasteiger partial charge >= 0.3 is 5.97 Å². The average Bonchev–Trinajstić information content (AvgIpc) is 3.29. The van der Waals surface area contributed by atoms with Crippen molar-refractivity contribution in [3.63, 3.8) is 0 Å². The van der Waals surface area contributed by atoms with Gasteiger partial charge in [-0.1, -0.05) is 18.2 Å². The van der Waals surface area contributed by atoms with E-state index in [1.54, 1.807) is 7.11 Å². The number of likely N-dealkylation sites (tertiary alicyclic amines) is 1. The van der Waals surface area contributed by atoms with Gasteiger partial charge in [0.1, 0.15) is 17.2 Å². The summed E-state index contributed by atoms with van der Waals surface area (Å²) in [5.41, 5.74) is 3.05. The number of hydrogen-bond donors (Lipinski definition) is 2. The highest BCUT2D eigenvalue weighted by Gasteiger charge is 2.27. The standard InChI is InChI=1S/C29H41N3O4/c1-29(2,20-35-3)36-26-8-4-6-23(16-26)24(17-27(33)34)19-32-15-13-21(18-32)9-11-25-12-10-22-7-5-14-30-28(22)31-25/h4,6,8,10,12,16,21,24H,5,7,9,11,13-15,17-20H2,1-3H3,(H,30,31)(H,33,34). The van der Waals surface area contributed by atoms with Gasteiger partial charge in [-0.25, -0.2) is 4.98 Å². The maximum absolute atomic E-state index is 11.7. The van der Waals surface area contributed by atoms with Crippen molar-refractivity contribution < 1.29 is 19.4 Å². The molecule has 0 saturated carbocycles. The van der Waals surface area contributed by atoms with Crippen LogP contribution in [0.5, 0.6) is 5.75 Å². The van der Waals surface area contributed by atoms with Crippen molar-refractivity contribution in [3.8, 4) is 5.75 Å². The lowest BCUT2D eigenvalue weighted by Crippen LogP contribution is -2.33. The van der Waals surface area contributed by atoms with Gasteiger partial charge in [-0.05, 0) is 87.7 Å². The second-order valence-corrected chi connectivity index (χ2v) is 11.0. The van der Waals surface area contributed by atoms with E-state index in [1.807, 2.05) is 38.1 Å². The summed E-state index contributed by atoms with van der Waals surface area (Å²) >= 11 is 0. The molecule has 2 atom stereocenters. The minimum absolute atomic E-state index is 0.0799. The highest BCUT2D eigenvalue weighted by molar-refractivity contribution is 5.68. The summed E-state index contributed by atoms with van der Waals surface area (Å²) in [6.45, 7) is 8.22. The van der Waals surface area contributed by atoms with Gasteiger partial charge in [0.15, 0.2) is 0 Å². The lowest BCUT2D eigenvalue weighted by atomic mass is 9.94. The predicted octanol–water partition coefficient (Wildman–Crippen LogP) is 4.76. The SMILES string of the molecule is COCC(C)(C)Oc1cccc(C(CC(=O)O)CN2CCC(CCc3ccc4c(n3)NCCC4)C2)c1. The minimum Gasteiger partial charge on any atom is -0.485 e. The fourth-order valence-corrected chi connectivity index (χ4v) is 5.51. The Hall–Kier alpha value is -2.64. The van der Waals surface area contributed by atoms with E-state index in [1.165, 1.54) is 17.7 Å². The summed E-state index contributed by atoms with van der Waals surface area (Å²) in [6.07, 6.45) is 5.66. The number of carbonyl (C=O) groups is 1. The van der Waals surface area contributed by atoms with Crippen molar-refractivity contribution in [1.29, 1.82) is 0 Å². The van der Waals surface area contributed by atoms with E-state index >= 15 is 0 Å². The van der Waals surface area contributed by atoms with Gasteiger partial charge in [-0.2, -0.15) is 0 Å². The van der Waals surface area contributed by atoms with Crippen molar-refractivity contribution in [3.05, 3.63) is 53.2 Å². The number of nitrogens with zero attached hydrogens (tertiary/aromatic N) is 2. The first-order valence-electron chi connectivity index (χ1n) is 13.3. The number of carboxylic acids is 1. The molecule has 3 heterocycles. The van der Waals surface area contributed by atoms with Crippen LogP contribution in [0.3, 0.4) is 0 Å². The largest absolute Gasteiger partial charge is 0.485 e. The Bertz CT molecular complexity index is 1030. The smallest absolute Gasteiger partial charge is 0.304 e. The number of rotatable bonds is 12. The number of aromatic nitrogens is 1. The van der Waals surface area contributed by atoms with Gasteiger partial charge in [0, 0.05) is 38.4 Å². The number of ether oxygens (including phenoxy) is 2. The fourth-order valence-electron chi connectivity index (χ4n) is 5.51. The van der Waals surface area contributed by atoms with Crippen molar-refractivity contribution in [2.24, 2.45) is 5.92 Å². The maximum Gasteiger partial charge on any atom is 0.304 e. The molecule has 2 aromatic rings. The molecule has 36 heavy (non-hydrogen) atoms. The molecule has 1 fully saturated rings. The molecule has 2 N–H and O–H groups in total. The van der Waals surface area contributed by atoms with Crippen molar-refractivity contribution in [1.82, 2.24) is 9.88 Å². The Labute approximate surface area is 215 Å². The zero-order valence-corrected chi connectivity index (χ0v) is 22.0. The minimum atomic E-state index is -0.770. The molecule has 4 rings (SSSR count). The van der Waals surface area contributed by atoms with E-state index in [9.17, 15) is 9.90 Å². The Morgan fingerprint density at radius 3 is 2.97 bits per heavy atom. The lowest BCUT2D eigenvalue weighted by molar-refractivity contribution is -0.137. The quantitative estimate of drug-likeness (QED) is 0.439. The number of aryl methyl sites for hydroxylation is 2. The molecule has 0 aliphatic carbocycles. The summed E-state index contributed by atoms with van der Waals surface area (Å²) in [6, 6.07) is 12.3. The third-order valence-electron chi connectivity index (χ3n) is 7.25. The highest BCUT2D eigenvalue weighted by atomic mass is 16.5. The molecule has 2 unspecified atom stereocenters. The van der Waals surface area contributed by atoms with E-state index < -0.39 is 11.6 Å². The molecule has 7 nitrogen and oxygen atoms in total. The number of methoxy groups -OCH3 is 1. The van der Waals surface area contributed by atoms with E-state index in [2.05, 4.69) is 22.3 Å². The molecule has 2 aliphatic heterocycles. The van der Waals surface area contributed by atoms with Crippen molar-refractivity contribution in [2.75, 3.05) is 45.2 Å². The summed E-state index contributed by atoms with van der Waals surface area (Å²) in [4.78, 5) is 19.0. The van der Waals surface area contributed by atoms with E-state index in [4.69, 9.17) is 14.5 Å². The summed E-state index contributed by atoms with van der Waals surface area (Å²) in [5, 5.41) is 13.0. The lowest BCUT2D eigenvalue weighted by Gasteiger charge is -2.27. The average molecular weight is 496 g/mol. The summed E-state index contributed by atoms with van der Waals surface area (Å²) < 4.78 is 11.4. The topological polar surface area (TPSA) is 83.9 Å². The fraction of sp³-hybridized carbons (Fsp3) is 0.586. The number of fused-ring (bicyclic) bond motifs is 1. The second-order valence-electron chi connectivity index (χ2n) is 11.0. The predicted molar refractivity (Wildman–Crippen MR) is 142 cm³/mol. The number of benzene rings is 1. The zero-order chi connectivity index (χ0) is 25.5. The molecule has 2 aliphatic rings. The maximum atomic E-state index is 11.7. The first-order chi connectivity index (χ1) is 17.3. The molecule has 0 spiro atoms. The molecular formula is C29H41N3O4. The molecule has 0 amide bonds. The Morgan fingerprint density at radius 2 is 2.17 bits per heavy atom.